The van der Waals surface area contributed by atoms with Gasteiger partial charge in [-0.25, -0.2) is 9.18 Å². The quantitative estimate of drug-likeness (QED) is 0.478. The first kappa shape index (κ1) is 24.6. The third-order valence-electron chi connectivity index (χ3n) is 5.43. The predicted octanol–water partition coefficient (Wildman–Crippen LogP) is 3.36. The molecule has 176 valence electrons. The number of hydrogen-bond donors (Lipinski definition) is 2. The lowest BCUT2D eigenvalue weighted by Gasteiger charge is -2.29. The monoisotopic (exact) mass is 462 g/mol. The Morgan fingerprint density at radius 2 is 1.44 bits per heavy atom. The van der Waals surface area contributed by atoms with Crippen molar-refractivity contribution in [1.82, 2.24) is 10.6 Å². The number of ether oxygens (including phenoxy) is 1. The van der Waals surface area contributed by atoms with Gasteiger partial charge in [0.1, 0.15) is 17.9 Å². The van der Waals surface area contributed by atoms with Gasteiger partial charge in [0.05, 0.1) is 7.11 Å². The lowest BCUT2D eigenvalue weighted by atomic mass is 9.84. The van der Waals surface area contributed by atoms with Gasteiger partial charge in [0, 0.05) is 19.3 Å². The molecule has 0 aliphatic rings. The molecule has 2 amide bonds. The molecule has 0 saturated carbocycles. The van der Waals surface area contributed by atoms with Gasteiger partial charge in [0.25, 0.3) is 0 Å². The maximum atomic E-state index is 13.7. The standard InChI is InChI=1S/C27H27FN2O4/c1-18(31)29-23(17-19-10-9-15-22(28)16-19)26(32)30-25(27(33)34-2)24(20-11-5-3-6-12-20)21-13-7-4-8-14-21/h3-16,23-25H,17H2,1-2H3,(H,29,31)(H,30,32)/t23-,25+/m1/s1. The van der Waals surface area contributed by atoms with E-state index in [1.807, 2.05) is 60.7 Å². The molecule has 0 saturated heterocycles. The zero-order valence-corrected chi connectivity index (χ0v) is 19.0. The van der Waals surface area contributed by atoms with E-state index in [1.54, 1.807) is 6.07 Å². The Balaban J connectivity index is 1.95. The van der Waals surface area contributed by atoms with Gasteiger partial charge < -0.3 is 15.4 Å². The fourth-order valence-electron chi connectivity index (χ4n) is 3.91. The maximum Gasteiger partial charge on any atom is 0.329 e. The van der Waals surface area contributed by atoms with E-state index < -0.39 is 41.6 Å². The summed E-state index contributed by atoms with van der Waals surface area (Å²) in [5.41, 5.74) is 2.16. The van der Waals surface area contributed by atoms with Gasteiger partial charge >= 0.3 is 5.97 Å². The number of rotatable bonds is 9. The van der Waals surface area contributed by atoms with Crippen LogP contribution in [0.25, 0.3) is 0 Å². The van der Waals surface area contributed by atoms with Crippen LogP contribution in [-0.4, -0.2) is 37.0 Å². The van der Waals surface area contributed by atoms with Crippen molar-refractivity contribution in [1.29, 1.82) is 0 Å². The van der Waals surface area contributed by atoms with Gasteiger partial charge in [0.15, 0.2) is 0 Å². The summed E-state index contributed by atoms with van der Waals surface area (Å²) >= 11 is 0. The summed E-state index contributed by atoms with van der Waals surface area (Å²) < 4.78 is 18.7. The Labute approximate surface area is 198 Å². The van der Waals surface area contributed by atoms with Crippen LogP contribution in [0.15, 0.2) is 84.9 Å². The average molecular weight is 463 g/mol. The molecule has 3 rings (SSSR count). The summed E-state index contributed by atoms with van der Waals surface area (Å²) in [4.78, 5) is 38.1. The minimum absolute atomic E-state index is 0.0540. The van der Waals surface area contributed by atoms with E-state index in [1.165, 1.54) is 32.2 Å². The first-order valence-corrected chi connectivity index (χ1v) is 10.9. The van der Waals surface area contributed by atoms with Crippen LogP contribution in [0, 0.1) is 5.82 Å². The highest BCUT2D eigenvalue weighted by Crippen LogP contribution is 2.29. The molecule has 0 heterocycles. The van der Waals surface area contributed by atoms with Crippen molar-refractivity contribution in [3.8, 4) is 0 Å². The molecule has 2 atom stereocenters. The number of carbonyl (C=O) groups is 3. The van der Waals surface area contributed by atoms with Gasteiger partial charge in [-0.3, -0.25) is 9.59 Å². The molecule has 0 bridgehead atoms. The molecule has 3 aromatic carbocycles. The van der Waals surface area contributed by atoms with Crippen LogP contribution in [0.4, 0.5) is 4.39 Å². The number of benzene rings is 3. The lowest BCUT2D eigenvalue weighted by molar-refractivity contribution is -0.145. The van der Waals surface area contributed by atoms with Crippen molar-refractivity contribution in [2.24, 2.45) is 0 Å². The molecule has 0 radical (unpaired) electrons. The first-order valence-electron chi connectivity index (χ1n) is 10.9. The molecule has 0 aliphatic heterocycles. The van der Waals surface area contributed by atoms with Gasteiger partial charge in [-0.05, 0) is 28.8 Å². The second-order valence-corrected chi connectivity index (χ2v) is 7.90. The molecule has 0 unspecified atom stereocenters. The van der Waals surface area contributed by atoms with Gasteiger partial charge in [-0.15, -0.1) is 0 Å². The minimum Gasteiger partial charge on any atom is -0.467 e. The molecular formula is C27H27FN2O4. The molecule has 0 aliphatic carbocycles. The SMILES string of the molecule is COC(=O)[C@@H](NC(=O)[C@@H](Cc1cccc(F)c1)NC(C)=O)C(c1ccccc1)c1ccccc1. The third kappa shape index (κ3) is 6.51. The highest BCUT2D eigenvalue weighted by atomic mass is 19.1. The highest BCUT2D eigenvalue weighted by Gasteiger charge is 2.35. The second-order valence-electron chi connectivity index (χ2n) is 7.90. The highest BCUT2D eigenvalue weighted by molar-refractivity contribution is 5.91. The number of halogens is 1. The first-order chi connectivity index (χ1) is 16.4. The summed E-state index contributed by atoms with van der Waals surface area (Å²) in [5.74, 6) is -2.61. The number of carbonyl (C=O) groups excluding carboxylic acids is 3. The van der Waals surface area contributed by atoms with Gasteiger partial charge in [0.2, 0.25) is 11.8 Å². The molecule has 3 aromatic rings. The normalized spacial score (nSPS) is 12.5. The van der Waals surface area contributed by atoms with E-state index in [2.05, 4.69) is 10.6 Å². The lowest BCUT2D eigenvalue weighted by Crippen LogP contribution is -2.54. The number of hydrogen-bond acceptors (Lipinski definition) is 4. The number of nitrogens with one attached hydrogen (secondary N) is 2. The molecule has 2 N–H and O–H groups in total. The van der Waals surface area contributed by atoms with Crippen molar-refractivity contribution >= 4 is 17.8 Å². The number of amides is 2. The van der Waals surface area contributed by atoms with Crippen LogP contribution < -0.4 is 10.6 Å². The van der Waals surface area contributed by atoms with Crippen LogP contribution in [0.3, 0.4) is 0 Å². The summed E-state index contributed by atoms with van der Waals surface area (Å²) in [7, 11) is 1.26. The van der Waals surface area contributed by atoms with Crippen LogP contribution in [0.1, 0.15) is 29.5 Å². The Kier molecular flexibility index (Phi) is 8.51. The fraction of sp³-hybridized carbons (Fsp3) is 0.222. The van der Waals surface area contributed by atoms with Crippen molar-refractivity contribution in [3.05, 3.63) is 107 Å². The van der Waals surface area contributed by atoms with E-state index >= 15 is 0 Å². The van der Waals surface area contributed by atoms with Crippen molar-refractivity contribution in [3.63, 3.8) is 0 Å². The molecule has 0 aromatic heterocycles. The molecule has 6 nitrogen and oxygen atoms in total. The van der Waals surface area contributed by atoms with Gasteiger partial charge in [-0.2, -0.15) is 0 Å². The zero-order chi connectivity index (χ0) is 24.5. The Hall–Kier alpha value is -4.00. The molecule has 7 heteroatoms. The third-order valence-corrected chi connectivity index (χ3v) is 5.43. The van der Waals surface area contributed by atoms with Crippen molar-refractivity contribution in [2.45, 2.75) is 31.3 Å². The minimum atomic E-state index is -1.06. The zero-order valence-electron chi connectivity index (χ0n) is 19.0. The Morgan fingerprint density at radius 3 is 1.94 bits per heavy atom. The van der Waals surface area contributed by atoms with E-state index in [0.717, 1.165) is 11.1 Å². The largest absolute Gasteiger partial charge is 0.467 e. The van der Waals surface area contributed by atoms with E-state index in [-0.39, 0.29) is 6.42 Å². The summed E-state index contributed by atoms with van der Waals surface area (Å²) in [5, 5.41) is 5.39. The van der Waals surface area contributed by atoms with E-state index in [9.17, 15) is 18.8 Å². The summed E-state index contributed by atoms with van der Waals surface area (Å²) in [6, 6.07) is 22.4. The molecule has 34 heavy (non-hydrogen) atoms. The van der Waals surface area contributed by atoms with Crippen LogP contribution >= 0.6 is 0 Å². The Morgan fingerprint density at radius 1 is 0.853 bits per heavy atom. The van der Waals surface area contributed by atoms with Crippen molar-refractivity contribution < 1.29 is 23.5 Å². The van der Waals surface area contributed by atoms with Gasteiger partial charge in [-0.1, -0.05) is 72.8 Å². The number of methoxy groups -OCH3 is 1. The number of esters is 1. The second kappa shape index (κ2) is 11.7. The smallest absolute Gasteiger partial charge is 0.329 e. The fourth-order valence-corrected chi connectivity index (χ4v) is 3.91. The average Bonchev–Trinajstić information content (AvgIpc) is 2.84. The van der Waals surface area contributed by atoms with Crippen LogP contribution in [-0.2, 0) is 25.5 Å². The van der Waals surface area contributed by atoms with E-state index in [0.29, 0.717) is 5.56 Å². The van der Waals surface area contributed by atoms with Crippen molar-refractivity contribution in [2.75, 3.05) is 7.11 Å². The van der Waals surface area contributed by atoms with E-state index in [4.69, 9.17) is 4.74 Å². The Bertz CT molecular complexity index is 1080. The summed E-state index contributed by atoms with van der Waals surface area (Å²) in [6.45, 7) is 1.29. The van der Waals surface area contributed by atoms with Crippen LogP contribution in [0.2, 0.25) is 0 Å². The summed E-state index contributed by atoms with van der Waals surface area (Å²) in [6.07, 6.45) is 0.0540. The van der Waals surface area contributed by atoms with Crippen LogP contribution in [0.5, 0.6) is 0 Å². The topological polar surface area (TPSA) is 84.5 Å². The molecular weight excluding hydrogens is 435 g/mol. The maximum absolute atomic E-state index is 13.7. The molecule has 0 fully saturated rings. The predicted molar refractivity (Wildman–Crippen MR) is 126 cm³/mol. The molecule has 0 spiro atoms.